The van der Waals surface area contributed by atoms with E-state index in [0.29, 0.717) is 32.4 Å². The molecule has 2 N–H and O–H groups in total. The molecule has 0 spiro atoms. The highest BCUT2D eigenvalue weighted by Crippen LogP contribution is 2.34. The van der Waals surface area contributed by atoms with Crippen molar-refractivity contribution in [3.63, 3.8) is 0 Å². The first kappa shape index (κ1) is 15.8. The van der Waals surface area contributed by atoms with E-state index in [4.69, 9.17) is 0 Å². The molecular weight excluding hydrogens is 290 g/mol. The van der Waals surface area contributed by atoms with Crippen LogP contribution in [0.3, 0.4) is 0 Å². The standard InChI is InChI=1S/C14H21N3O3S/c1-2-5-14(12(18)19)6-3-8-17(14)13(20)15-7-4-11-9-21-10-16-11/h9-10H,2-8H2,1H3,(H,15,20)(H,18,19). The highest BCUT2D eigenvalue weighted by molar-refractivity contribution is 7.07. The van der Waals surface area contributed by atoms with Crippen molar-refractivity contribution in [2.45, 2.75) is 44.6 Å². The van der Waals surface area contributed by atoms with Crippen LogP contribution in [0.5, 0.6) is 0 Å². The van der Waals surface area contributed by atoms with E-state index in [1.165, 1.54) is 16.2 Å². The van der Waals surface area contributed by atoms with Crippen molar-refractivity contribution in [3.8, 4) is 0 Å². The fourth-order valence-corrected chi connectivity index (χ4v) is 3.52. The number of hydrogen-bond acceptors (Lipinski definition) is 4. The Hall–Kier alpha value is -1.63. The quantitative estimate of drug-likeness (QED) is 0.843. The maximum Gasteiger partial charge on any atom is 0.329 e. The zero-order valence-electron chi connectivity index (χ0n) is 12.2. The molecule has 2 heterocycles. The molecule has 1 aromatic heterocycles. The molecule has 21 heavy (non-hydrogen) atoms. The van der Waals surface area contributed by atoms with Crippen LogP contribution in [-0.4, -0.2) is 45.6 Å². The number of nitrogens with zero attached hydrogens (tertiary/aromatic N) is 2. The average molecular weight is 311 g/mol. The first-order chi connectivity index (χ1) is 10.1. The van der Waals surface area contributed by atoms with Crippen LogP contribution < -0.4 is 5.32 Å². The molecule has 1 aliphatic rings. The third kappa shape index (κ3) is 3.34. The summed E-state index contributed by atoms with van der Waals surface area (Å²) in [6, 6.07) is -0.279. The van der Waals surface area contributed by atoms with Crippen LogP contribution in [0.1, 0.15) is 38.3 Å². The topological polar surface area (TPSA) is 82.5 Å². The van der Waals surface area contributed by atoms with Gasteiger partial charge in [-0.3, -0.25) is 0 Å². The number of carbonyl (C=O) groups excluding carboxylic acids is 1. The zero-order chi connectivity index (χ0) is 15.3. The number of likely N-dealkylation sites (tertiary alicyclic amines) is 1. The number of carboxylic acids is 1. The molecule has 0 saturated carbocycles. The fraction of sp³-hybridized carbons (Fsp3) is 0.643. The third-order valence-electron chi connectivity index (χ3n) is 3.94. The van der Waals surface area contributed by atoms with E-state index in [-0.39, 0.29) is 6.03 Å². The van der Waals surface area contributed by atoms with E-state index < -0.39 is 11.5 Å². The van der Waals surface area contributed by atoms with Crippen LogP contribution in [0.25, 0.3) is 0 Å². The zero-order valence-corrected chi connectivity index (χ0v) is 13.0. The number of carboxylic acid groups (broad SMARTS) is 1. The van der Waals surface area contributed by atoms with Crippen LogP contribution in [0.15, 0.2) is 10.9 Å². The molecule has 7 heteroatoms. The van der Waals surface area contributed by atoms with Crippen LogP contribution in [0, 0.1) is 0 Å². The number of nitrogens with one attached hydrogen (secondary N) is 1. The Morgan fingerprint density at radius 2 is 2.38 bits per heavy atom. The minimum Gasteiger partial charge on any atom is -0.479 e. The Balaban J connectivity index is 1.95. The molecule has 2 rings (SSSR count). The van der Waals surface area contributed by atoms with Crippen LogP contribution in [0.4, 0.5) is 4.79 Å². The first-order valence-corrected chi connectivity index (χ1v) is 8.20. The Bertz CT molecular complexity index is 492. The van der Waals surface area contributed by atoms with E-state index >= 15 is 0 Å². The van der Waals surface area contributed by atoms with Crippen molar-refractivity contribution in [2.75, 3.05) is 13.1 Å². The van der Waals surface area contributed by atoms with Crippen molar-refractivity contribution >= 4 is 23.3 Å². The van der Waals surface area contributed by atoms with Crippen LogP contribution in [0.2, 0.25) is 0 Å². The Kier molecular flexibility index (Phi) is 5.17. The summed E-state index contributed by atoms with van der Waals surface area (Å²) in [7, 11) is 0. The normalized spacial score (nSPS) is 21.5. The molecule has 0 radical (unpaired) electrons. The van der Waals surface area contributed by atoms with Gasteiger partial charge in [0.05, 0.1) is 11.2 Å². The largest absolute Gasteiger partial charge is 0.479 e. The van der Waals surface area contributed by atoms with Crippen molar-refractivity contribution in [1.29, 1.82) is 0 Å². The summed E-state index contributed by atoms with van der Waals surface area (Å²) in [5, 5.41) is 14.3. The van der Waals surface area contributed by atoms with Gasteiger partial charge in [-0.2, -0.15) is 0 Å². The lowest BCUT2D eigenvalue weighted by molar-refractivity contribution is -0.148. The number of hydrogen-bond donors (Lipinski definition) is 2. The summed E-state index contributed by atoms with van der Waals surface area (Å²) >= 11 is 1.52. The lowest BCUT2D eigenvalue weighted by Gasteiger charge is -2.34. The van der Waals surface area contributed by atoms with Gasteiger partial charge in [0.2, 0.25) is 0 Å². The molecule has 1 fully saturated rings. The second-order valence-corrected chi connectivity index (χ2v) is 6.02. The highest BCUT2D eigenvalue weighted by Gasteiger charge is 2.49. The maximum atomic E-state index is 12.3. The van der Waals surface area contributed by atoms with Crippen molar-refractivity contribution in [3.05, 3.63) is 16.6 Å². The number of rotatable bonds is 6. The number of aromatic nitrogens is 1. The fourth-order valence-electron chi connectivity index (χ4n) is 2.93. The van der Waals surface area contributed by atoms with Gasteiger partial charge < -0.3 is 15.3 Å². The SMILES string of the molecule is CCCC1(C(=O)O)CCCN1C(=O)NCCc1cscn1. The monoisotopic (exact) mass is 311 g/mol. The molecule has 0 aromatic carbocycles. The molecule has 1 aromatic rings. The van der Waals surface area contributed by atoms with Gasteiger partial charge in [-0.1, -0.05) is 13.3 Å². The molecule has 0 bridgehead atoms. The van der Waals surface area contributed by atoms with Gasteiger partial charge in [-0.15, -0.1) is 11.3 Å². The molecule has 116 valence electrons. The van der Waals surface area contributed by atoms with E-state index in [2.05, 4.69) is 10.3 Å². The Morgan fingerprint density at radius 1 is 1.57 bits per heavy atom. The predicted molar refractivity (Wildman–Crippen MR) is 80.4 cm³/mol. The second kappa shape index (κ2) is 6.89. The lowest BCUT2D eigenvalue weighted by atomic mass is 9.91. The summed E-state index contributed by atoms with van der Waals surface area (Å²) in [6.45, 7) is 2.93. The van der Waals surface area contributed by atoms with Gasteiger partial charge >= 0.3 is 12.0 Å². The van der Waals surface area contributed by atoms with E-state index in [1.807, 2.05) is 12.3 Å². The third-order valence-corrected chi connectivity index (χ3v) is 4.57. The molecule has 6 nitrogen and oxygen atoms in total. The van der Waals surface area contributed by atoms with Gasteiger partial charge in [0.15, 0.2) is 0 Å². The highest BCUT2D eigenvalue weighted by atomic mass is 32.1. The van der Waals surface area contributed by atoms with Crippen molar-refractivity contribution in [2.24, 2.45) is 0 Å². The predicted octanol–water partition coefficient (Wildman–Crippen LogP) is 2.11. The van der Waals surface area contributed by atoms with Gasteiger partial charge in [0, 0.05) is 24.9 Å². The summed E-state index contributed by atoms with van der Waals surface area (Å²) in [5.41, 5.74) is 1.67. The van der Waals surface area contributed by atoms with Crippen molar-refractivity contribution in [1.82, 2.24) is 15.2 Å². The molecule has 0 aliphatic carbocycles. The molecular formula is C14H21N3O3S. The number of urea groups is 1. The summed E-state index contributed by atoms with van der Waals surface area (Å²) in [4.78, 5) is 29.6. The van der Waals surface area contributed by atoms with Crippen LogP contribution >= 0.6 is 11.3 Å². The minimum atomic E-state index is -1.03. The van der Waals surface area contributed by atoms with E-state index in [1.54, 1.807) is 5.51 Å². The van der Waals surface area contributed by atoms with E-state index in [0.717, 1.165) is 18.5 Å². The molecule has 1 aliphatic heterocycles. The average Bonchev–Trinajstić information content (AvgIpc) is 3.08. The summed E-state index contributed by atoms with van der Waals surface area (Å²) in [6.07, 6.45) is 3.19. The summed E-state index contributed by atoms with van der Waals surface area (Å²) < 4.78 is 0. The molecule has 1 unspecified atom stereocenters. The molecule has 1 saturated heterocycles. The molecule has 1 atom stereocenters. The van der Waals surface area contributed by atoms with Crippen molar-refractivity contribution < 1.29 is 14.7 Å². The second-order valence-electron chi connectivity index (χ2n) is 5.30. The minimum absolute atomic E-state index is 0.279. The Morgan fingerprint density at radius 3 is 3.00 bits per heavy atom. The number of thiazole rings is 1. The van der Waals surface area contributed by atoms with Gasteiger partial charge in [0.25, 0.3) is 0 Å². The summed E-state index contributed by atoms with van der Waals surface area (Å²) in [5.74, 6) is -0.892. The first-order valence-electron chi connectivity index (χ1n) is 7.26. The van der Waals surface area contributed by atoms with Gasteiger partial charge in [0.1, 0.15) is 5.54 Å². The number of aliphatic carboxylic acids is 1. The Labute approximate surface area is 128 Å². The number of carbonyl (C=O) groups is 2. The maximum absolute atomic E-state index is 12.3. The van der Waals surface area contributed by atoms with Gasteiger partial charge in [-0.05, 0) is 19.3 Å². The lowest BCUT2D eigenvalue weighted by Crippen LogP contribution is -2.56. The smallest absolute Gasteiger partial charge is 0.329 e. The molecule has 2 amide bonds. The van der Waals surface area contributed by atoms with Gasteiger partial charge in [-0.25, -0.2) is 14.6 Å². The van der Waals surface area contributed by atoms with Crippen LogP contribution in [-0.2, 0) is 11.2 Å². The van der Waals surface area contributed by atoms with E-state index in [9.17, 15) is 14.7 Å². The number of amides is 2.